The van der Waals surface area contributed by atoms with Gasteiger partial charge >= 0.3 is 0 Å². The van der Waals surface area contributed by atoms with Crippen molar-refractivity contribution in [2.24, 2.45) is 0 Å². The van der Waals surface area contributed by atoms with Crippen LogP contribution in [0.1, 0.15) is 11.6 Å². The molecule has 24 heavy (non-hydrogen) atoms. The topological polar surface area (TPSA) is 79.5 Å². The van der Waals surface area contributed by atoms with Gasteiger partial charge < -0.3 is 15.4 Å². The van der Waals surface area contributed by atoms with Crippen LogP contribution in [0.5, 0.6) is 5.75 Å². The van der Waals surface area contributed by atoms with Gasteiger partial charge in [-0.15, -0.1) is 0 Å². The lowest BCUT2D eigenvalue weighted by atomic mass is 10.1. The van der Waals surface area contributed by atoms with Crippen LogP contribution in [0.4, 0.5) is 5.69 Å². The van der Waals surface area contributed by atoms with Crippen LogP contribution in [0.2, 0.25) is 0 Å². The molecule has 0 aromatic heterocycles. The van der Waals surface area contributed by atoms with Gasteiger partial charge in [0.05, 0.1) is 13.7 Å². The van der Waals surface area contributed by atoms with Crippen molar-refractivity contribution in [2.75, 3.05) is 26.0 Å². The van der Waals surface area contributed by atoms with E-state index in [-0.39, 0.29) is 18.4 Å². The molecule has 0 saturated heterocycles. The zero-order valence-corrected chi connectivity index (χ0v) is 13.7. The number of anilines is 1. The SMILES string of the molecule is CNC(=O)CN[C@H](C(=O)Nc1cccc(OC)c1)c1ccccc1. The molecule has 6 heteroatoms. The monoisotopic (exact) mass is 327 g/mol. The number of hydrogen-bond acceptors (Lipinski definition) is 4. The van der Waals surface area contributed by atoms with Gasteiger partial charge in [0.1, 0.15) is 11.8 Å². The third kappa shape index (κ3) is 4.82. The maximum absolute atomic E-state index is 12.7. The van der Waals surface area contributed by atoms with E-state index in [1.807, 2.05) is 30.3 Å². The number of rotatable bonds is 7. The molecular formula is C18H21N3O3. The predicted molar refractivity (Wildman–Crippen MR) is 92.9 cm³/mol. The van der Waals surface area contributed by atoms with Crippen LogP contribution in [-0.4, -0.2) is 32.5 Å². The predicted octanol–water partition coefficient (Wildman–Crippen LogP) is 1.71. The first kappa shape index (κ1) is 17.5. The van der Waals surface area contributed by atoms with Crippen LogP contribution < -0.4 is 20.7 Å². The minimum atomic E-state index is -0.644. The Kier molecular flexibility index (Phi) is 6.33. The summed E-state index contributed by atoms with van der Waals surface area (Å²) in [7, 11) is 3.12. The molecule has 0 radical (unpaired) electrons. The fraction of sp³-hybridized carbons (Fsp3) is 0.222. The molecule has 0 fully saturated rings. The lowest BCUT2D eigenvalue weighted by Gasteiger charge is -2.18. The summed E-state index contributed by atoms with van der Waals surface area (Å²) in [5.74, 6) is 0.214. The van der Waals surface area contributed by atoms with Crippen LogP contribution in [0, 0.1) is 0 Å². The Hall–Kier alpha value is -2.86. The standard InChI is InChI=1S/C18H21N3O3/c1-19-16(22)12-20-17(13-7-4-3-5-8-13)18(23)21-14-9-6-10-15(11-14)24-2/h3-11,17,20H,12H2,1-2H3,(H,19,22)(H,21,23)/t17-/m0/s1. The van der Waals surface area contributed by atoms with E-state index in [2.05, 4.69) is 16.0 Å². The summed E-state index contributed by atoms with van der Waals surface area (Å²) in [5.41, 5.74) is 1.41. The van der Waals surface area contributed by atoms with E-state index >= 15 is 0 Å². The molecular weight excluding hydrogens is 306 g/mol. The molecule has 0 bridgehead atoms. The van der Waals surface area contributed by atoms with E-state index in [1.165, 1.54) is 0 Å². The first-order chi connectivity index (χ1) is 11.6. The smallest absolute Gasteiger partial charge is 0.246 e. The average Bonchev–Trinajstić information content (AvgIpc) is 2.62. The van der Waals surface area contributed by atoms with Gasteiger partial charge in [0.15, 0.2) is 0 Å². The fourth-order valence-corrected chi connectivity index (χ4v) is 2.21. The number of methoxy groups -OCH3 is 1. The summed E-state index contributed by atoms with van der Waals surface area (Å²) in [4.78, 5) is 24.2. The summed E-state index contributed by atoms with van der Waals surface area (Å²) in [6, 6.07) is 15.7. The highest BCUT2D eigenvalue weighted by Crippen LogP contribution is 2.19. The van der Waals surface area contributed by atoms with Gasteiger partial charge in [-0.2, -0.15) is 0 Å². The molecule has 1 atom stereocenters. The van der Waals surface area contributed by atoms with Crippen molar-refractivity contribution in [3.05, 3.63) is 60.2 Å². The molecule has 3 N–H and O–H groups in total. The van der Waals surface area contributed by atoms with Gasteiger partial charge in [-0.3, -0.25) is 14.9 Å². The second-order valence-corrected chi connectivity index (χ2v) is 5.12. The lowest BCUT2D eigenvalue weighted by Crippen LogP contribution is -2.39. The third-order valence-electron chi connectivity index (χ3n) is 3.48. The summed E-state index contributed by atoms with van der Waals surface area (Å²) in [6.45, 7) is 0.0432. The van der Waals surface area contributed by atoms with Gasteiger partial charge in [0.25, 0.3) is 0 Å². The number of hydrogen-bond donors (Lipinski definition) is 3. The Labute approximate surface area is 141 Å². The molecule has 0 aliphatic heterocycles. The van der Waals surface area contributed by atoms with Crippen LogP contribution in [0.15, 0.2) is 54.6 Å². The highest BCUT2D eigenvalue weighted by atomic mass is 16.5. The molecule has 126 valence electrons. The van der Waals surface area contributed by atoms with Gasteiger partial charge in [-0.1, -0.05) is 36.4 Å². The van der Waals surface area contributed by atoms with Crippen LogP contribution in [-0.2, 0) is 9.59 Å². The number of nitrogens with one attached hydrogen (secondary N) is 3. The van der Waals surface area contributed by atoms with E-state index in [0.717, 1.165) is 5.56 Å². The number of amides is 2. The van der Waals surface area contributed by atoms with E-state index in [4.69, 9.17) is 4.74 Å². The van der Waals surface area contributed by atoms with E-state index in [1.54, 1.807) is 38.4 Å². The maximum Gasteiger partial charge on any atom is 0.246 e. The van der Waals surface area contributed by atoms with E-state index in [0.29, 0.717) is 11.4 Å². The number of benzene rings is 2. The third-order valence-corrected chi connectivity index (χ3v) is 3.48. The maximum atomic E-state index is 12.7. The Balaban J connectivity index is 2.15. The lowest BCUT2D eigenvalue weighted by molar-refractivity contribution is -0.120. The number of likely N-dealkylation sites (N-methyl/N-ethyl adjacent to an activating group) is 1. The molecule has 2 aromatic rings. The largest absolute Gasteiger partial charge is 0.497 e. The molecule has 2 amide bonds. The van der Waals surface area contributed by atoms with Gasteiger partial charge in [0.2, 0.25) is 11.8 Å². The van der Waals surface area contributed by atoms with Crippen LogP contribution in [0.3, 0.4) is 0 Å². The summed E-state index contributed by atoms with van der Waals surface area (Å²) >= 11 is 0. The highest BCUT2D eigenvalue weighted by molar-refractivity contribution is 5.96. The zero-order chi connectivity index (χ0) is 17.4. The first-order valence-electron chi connectivity index (χ1n) is 7.58. The normalized spacial score (nSPS) is 11.4. The highest BCUT2D eigenvalue weighted by Gasteiger charge is 2.21. The number of carbonyl (C=O) groups excluding carboxylic acids is 2. The minimum absolute atomic E-state index is 0.0432. The first-order valence-corrected chi connectivity index (χ1v) is 7.58. The molecule has 2 aromatic carbocycles. The van der Waals surface area contributed by atoms with Crippen molar-refractivity contribution in [2.45, 2.75) is 6.04 Å². The Bertz CT molecular complexity index is 689. The van der Waals surface area contributed by atoms with Crippen molar-refractivity contribution >= 4 is 17.5 Å². The average molecular weight is 327 g/mol. The Morgan fingerprint density at radius 3 is 2.50 bits per heavy atom. The molecule has 0 unspecified atom stereocenters. The quantitative estimate of drug-likeness (QED) is 0.723. The Morgan fingerprint density at radius 1 is 1.08 bits per heavy atom. The van der Waals surface area contributed by atoms with Crippen molar-refractivity contribution in [1.82, 2.24) is 10.6 Å². The van der Waals surface area contributed by atoms with E-state index in [9.17, 15) is 9.59 Å². The molecule has 0 saturated carbocycles. The number of carbonyl (C=O) groups is 2. The summed E-state index contributed by atoms with van der Waals surface area (Å²) < 4.78 is 5.16. The second-order valence-electron chi connectivity index (χ2n) is 5.12. The van der Waals surface area contributed by atoms with Crippen molar-refractivity contribution in [3.8, 4) is 5.75 Å². The molecule has 0 aliphatic carbocycles. The van der Waals surface area contributed by atoms with Gasteiger partial charge in [-0.25, -0.2) is 0 Å². The van der Waals surface area contributed by atoms with Crippen molar-refractivity contribution in [3.63, 3.8) is 0 Å². The fourth-order valence-electron chi connectivity index (χ4n) is 2.21. The molecule has 0 spiro atoms. The van der Waals surface area contributed by atoms with Crippen LogP contribution in [0.25, 0.3) is 0 Å². The summed E-state index contributed by atoms with van der Waals surface area (Å²) in [6.07, 6.45) is 0. The Morgan fingerprint density at radius 2 is 1.83 bits per heavy atom. The molecule has 0 heterocycles. The second kappa shape index (κ2) is 8.69. The molecule has 2 rings (SSSR count). The van der Waals surface area contributed by atoms with Gasteiger partial charge in [-0.05, 0) is 17.7 Å². The van der Waals surface area contributed by atoms with Crippen molar-refractivity contribution in [1.29, 1.82) is 0 Å². The summed E-state index contributed by atoms with van der Waals surface area (Å²) in [5, 5.41) is 8.35. The van der Waals surface area contributed by atoms with Crippen LogP contribution >= 0.6 is 0 Å². The zero-order valence-electron chi connectivity index (χ0n) is 13.7. The van der Waals surface area contributed by atoms with Crippen molar-refractivity contribution < 1.29 is 14.3 Å². The molecule has 6 nitrogen and oxygen atoms in total. The molecule has 0 aliphatic rings. The van der Waals surface area contributed by atoms with E-state index < -0.39 is 6.04 Å². The minimum Gasteiger partial charge on any atom is -0.497 e. The van der Waals surface area contributed by atoms with Gasteiger partial charge in [0, 0.05) is 18.8 Å². The number of ether oxygens (including phenoxy) is 1.